The van der Waals surface area contributed by atoms with Crippen LogP contribution >= 0.6 is 0 Å². The number of carboxylic acid groups (broad SMARTS) is 1. The van der Waals surface area contributed by atoms with Crippen molar-refractivity contribution in [1.29, 1.82) is 0 Å². The van der Waals surface area contributed by atoms with Gasteiger partial charge in [-0.05, 0) is 43.7 Å². The quantitative estimate of drug-likeness (QED) is 0.644. The largest absolute Gasteiger partial charge is 0.480 e. The average molecular weight is 371 g/mol. The summed E-state index contributed by atoms with van der Waals surface area (Å²) in [5.74, 6) is -4.75. The number of aliphatic carboxylic acids is 1. The maximum Gasteiger partial charge on any atom is 0.319 e. The molecule has 0 bridgehead atoms. The van der Waals surface area contributed by atoms with E-state index in [1.807, 2.05) is 4.90 Å². The fourth-order valence-electron chi connectivity index (χ4n) is 3.12. The van der Waals surface area contributed by atoms with Crippen molar-refractivity contribution in [2.45, 2.75) is 37.8 Å². The van der Waals surface area contributed by atoms with Crippen LogP contribution in [0.2, 0.25) is 0 Å². The van der Waals surface area contributed by atoms with E-state index < -0.39 is 35.1 Å². The molecule has 3 N–H and O–H groups in total. The summed E-state index contributed by atoms with van der Waals surface area (Å²) in [6, 6.07) is 0.863. The van der Waals surface area contributed by atoms with Gasteiger partial charge in [-0.2, -0.15) is 0 Å². The van der Waals surface area contributed by atoms with E-state index in [2.05, 4.69) is 10.6 Å². The predicted octanol–water partition coefficient (Wildman–Crippen LogP) is 2.55. The van der Waals surface area contributed by atoms with Crippen molar-refractivity contribution in [2.24, 2.45) is 5.92 Å². The number of carbonyl (C=O) groups is 2. The van der Waals surface area contributed by atoms with Crippen molar-refractivity contribution in [3.8, 4) is 0 Å². The molecule has 26 heavy (non-hydrogen) atoms. The number of hydrogen-bond donors (Lipinski definition) is 3. The first-order chi connectivity index (χ1) is 12.3. The maximum absolute atomic E-state index is 13.6. The molecule has 0 aliphatic heterocycles. The van der Waals surface area contributed by atoms with Crippen molar-refractivity contribution in [3.05, 3.63) is 29.6 Å². The van der Waals surface area contributed by atoms with Gasteiger partial charge in [0, 0.05) is 18.6 Å². The Morgan fingerprint density at radius 3 is 2.46 bits per heavy atom. The van der Waals surface area contributed by atoms with Gasteiger partial charge in [-0.25, -0.2) is 18.0 Å². The van der Waals surface area contributed by atoms with E-state index in [-0.39, 0.29) is 18.6 Å². The molecule has 0 spiro atoms. The van der Waals surface area contributed by atoms with Crippen LogP contribution in [0.3, 0.4) is 0 Å². The zero-order valence-electron chi connectivity index (χ0n) is 14.0. The zero-order chi connectivity index (χ0) is 18.8. The fraction of sp³-hybridized carbons (Fsp3) is 0.529. The summed E-state index contributed by atoms with van der Waals surface area (Å²) in [6.45, 7) is 0.718. The van der Waals surface area contributed by atoms with Crippen molar-refractivity contribution < 1.29 is 27.9 Å². The molecule has 0 saturated heterocycles. The van der Waals surface area contributed by atoms with Gasteiger partial charge in [0.15, 0.2) is 17.5 Å². The molecule has 2 fully saturated rings. The van der Waals surface area contributed by atoms with Gasteiger partial charge >= 0.3 is 12.0 Å². The summed E-state index contributed by atoms with van der Waals surface area (Å²) in [7, 11) is 0. The standard InChI is InChI=1S/C17H20F3N3O3/c18-12-3-4-13(16(20)15(12)19)22-17(26)21-10-5-11(6-10)23(8-14(24)25)7-9-1-2-9/h3-4,9-11H,1-2,5-8H2,(H,24,25)(H2,21,22,26). The molecule has 0 aromatic heterocycles. The number of carbonyl (C=O) groups excluding carboxylic acids is 1. The molecule has 9 heteroatoms. The van der Waals surface area contributed by atoms with Crippen molar-refractivity contribution in [1.82, 2.24) is 10.2 Å². The molecule has 0 heterocycles. The van der Waals surface area contributed by atoms with Gasteiger partial charge in [-0.15, -0.1) is 0 Å². The van der Waals surface area contributed by atoms with Gasteiger partial charge in [-0.3, -0.25) is 9.69 Å². The van der Waals surface area contributed by atoms with Gasteiger partial charge < -0.3 is 15.7 Å². The lowest BCUT2D eigenvalue weighted by atomic mass is 9.85. The number of rotatable bonds is 7. The number of urea groups is 1. The van der Waals surface area contributed by atoms with Crippen LogP contribution in [0, 0.1) is 23.4 Å². The van der Waals surface area contributed by atoms with Crippen LogP contribution in [-0.4, -0.2) is 47.2 Å². The molecule has 0 atom stereocenters. The van der Waals surface area contributed by atoms with Crippen LogP contribution in [0.4, 0.5) is 23.7 Å². The van der Waals surface area contributed by atoms with Crippen LogP contribution in [0.1, 0.15) is 25.7 Å². The topological polar surface area (TPSA) is 81.7 Å². The molecule has 0 radical (unpaired) electrons. The minimum Gasteiger partial charge on any atom is -0.480 e. The van der Waals surface area contributed by atoms with Gasteiger partial charge in [-0.1, -0.05) is 0 Å². The van der Waals surface area contributed by atoms with E-state index in [1.165, 1.54) is 0 Å². The second-order valence-electron chi connectivity index (χ2n) is 6.91. The zero-order valence-corrected chi connectivity index (χ0v) is 14.0. The molecule has 6 nitrogen and oxygen atoms in total. The summed E-state index contributed by atoms with van der Waals surface area (Å²) < 4.78 is 39.6. The number of nitrogens with zero attached hydrogens (tertiary/aromatic N) is 1. The summed E-state index contributed by atoms with van der Waals surface area (Å²) in [5.41, 5.74) is -0.446. The van der Waals surface area contributed by atoms with Crippen LogP contribution in [0.15, 0.2) is 12.1 Å². The van der Waals surface area contributed by atoms with Crippen LogP contribution in [0.5, 0.6) is 0 Å². The molecule has 2 aliphatic rings. The number of hydrogen-bond acceptors (Lipinski definition) is 3. The van der Waals surface area contributed by atoms with Crippen molar-refractivity contribution >= 4 is 17.7 Å². The molecule has 142 valence electrons. The number of amides is 2. The third-order valence-electron chi connectivity index (χ3n) is 4.78. The van der Waals surface area contributed by atoms with E-state index in [9.17, 15) is 22.8 Å². The SMILES string of the molecule is O=C(O)CN(CC1CC1)C1CC(NC(=O)Nc2ccc(F)c(F)c2F)C1. The van der Waals surface area contributed by atoms with Crippen molar-refractivity contribution in [2.75, 3.05) is 18.4 Å². The minimum atomic E-state index is -1.64. The first kappa shape index (κ1) is 18.5. The molecule has 3 rings (SSSR count). The lowest BCUT2D eigenvalue weighted by Gasteiger charge is -2.42. The van der Waals surface area contributed by atoms with E-state index in [4.69, 9.17) is 5.11 Å². The molecular weight excluding hydrogens is 351 g/mol. The normalized spacial score (nSPS) is 22.0. The van der Waals surface area contributed by atoms with E-state index in [1.54, 1.807) is 0 Å². The number of nitrogens with one attached hydrogen (secondary N) is 2. The van der Waals surface area contributed by atoms with Gasteiger partial charge in [0.2, 0.25) is 0 Å². The molecule has 1 aromatic rings. The van der Waals surface area contributed by atoms with Crippen LogP contribution in [0.25, 0.3) is 0 Å². The third kappa shape index (κ3) is 4.46. The van der Waals surface area contributed by atoms with Gasteiger partial charge in [0.1, 0.15) is 0 Å². The van der Waals surface area contributed by atoms with Gasteiger partial charge in [0.25, 0.3) is 0 Å². The summed E-state index contributed by atoms with van der Waals surface area (Å²) in [4.78, 5) is 24.8. The molecule has 1 aromatic carbocycles. The number of halogens is 3. The maximum atomic E-state index is 13.6. The molecule has 2 saturated carbocycles. The highest BCUT2D eigenvalue weighted by molar-refractivity contribution is 5.89. The minimum absolute atomic E-state index is 0.0276. The molecule has 2 aliphatic carbocycles. The van der Waals surface area contributed by atoms with Crippen LogP contribution in [-0.2, 0) is 4.79 Å². The number of carboxylic acids is 1. The van der Waals surface area contributed by atoms with Gasteiger partial charge in [0.05, 0.1) is 12.2 Å². The first-order valence-corrected chi connectivity index (χ1v) is 8.50. The Morgan fingerprint density at radius 2 is 1.85 bits per heavy atom. The Morgan fingerprint density at radius 1 is 1.15 bits per heavy atom. The summed E-state index contributed by atoms with van der Waals surface area (Å²) in [5, 5.41) is 13.8. The summed E-state index contributed by atoms with van der Waals surface area (Å²) in [6.07, 6.45) is 3.42. The van der Waals surface area contributed by atoms with E-state index >= 15 is 0 Å². The smallest absolute Gasteiger partial charge is 0.319 e. The Kier molecular flexibility index (Phi) is 5.36. The van der Waals surface area contributed by atoms with Crippen LogP contribution < -0.4 is 10.6 Å². The highest BCUT2D eigenvalue weighted by Crippen LogP contribution is 2.33. The second kappa shape index (κ2) is 7.53. The predicted molar refractivity (Wildman–Crippen MR) is 87.2 cm³/mol. The Hall–Kier alpha value is -2.29. The lowest BCUT2D eigenvalue weighted by Crippen LogP contribution is -2.55. The summed E-state index contributed by atoms with van der Waals surface area (Å²) >= 11 is 0. The Balaban J connectivity index is 1.48. The third-order valence-corrected chi connectivity index (χ3v) is 4.78. The highest BCUT2D eigenvalue weighted by atomic mass is 19.2. The Bertz CT molecular complexity index is 706. The molecular formula is C17H20F3N3O3. The lowest BCUT2D eigenvalue weighted by molar-refractivity contribution is -0.139. The van der Waals surface area contributed by atoms with E-state index in [0.29, 0.717) is 18.8 Å². The first-order valence-electron chi connectivity index (χ1n) is 8.50. The fourth-order valence-corrected chi connectivity index (χ4v) is 3.12. The highest BCUT2D eigenvalue weighted by Gasteiger charge is 2.37. The number of benzene rings is 1. The van der Waals surface area contributed by atoms with Crippen molar-refractivity contribution in [3.63, 3.8) is 0 Å². The average Bonchev–Trinajstić information content (AvgIpc) is 3.34. The second-order valence-corrected chi connectivity index (χ2v) is 6.91. The monoisotopic (exact) mass is 371 g/mol. The van der Waals surface area contributed by atoms with E-state index in [0.717, 1.165) is 31.5 Å². The molecule has 2 amide bonds. The number of anilines is 1. The molecule has 0 unspecified atom stereocenters. The Labute approximate surface area is 148 Å².